The monoisotopic (exact) mass is 530 g/mol. The Bertz CT molecular complexity index is 1130. The second-order valence-corrected chi connectivity index (χ2v) is 7.53. The standard InChI is InChI=1S/C9H6Cl2N4O.C6H5Cl2N.C3H3N3O2/c10-5-1-6(11)3-7(2-5)14-9(16)8-12-4-13-15-8;7-4-1-5(8)3-6(9)2-4;7-3(8)2-4-1-5-6-2/h1-4H,(H,14,16)(H,12,13,15);1-3H,9H2;1H,(H,7,8)(H,4,5,6). The summed E-state index contributed by atoms with van der Waals surface area (Å²) < 4.78 is 0. The Morgan fingerprint density at radius 1 is 0.788 bits per heavy atom. The van der Waals surface area contributed by atoms with E-state index in [9.17, 15) is 9.59 Å². The van der Waals surface area contributed by atoms with Crippen molar-refractivity contribution < 1.29 is 14.7 Å². The van der Waals surface area contributed by atoms with Gasteiger partial charge in [-0.05, 0) is 36.4 Å². The van der Waals surface area contributed by atoms with Crippen LogP contribution in [0.4, 0.5) is 11.4 Å². The summed E-state index contributed by atoms with van der Waals surface area (Å²) in [6.07, 6.45) is 2.39. The van der Waals surface area contributed by atoms with Crippen LogP contribution >= 0.6 is 46.4 Å². The molecule has 0 radical (unpaired) electrons. The maximum atomic E-state index is 11.6. The van der Waals surface area contributed by atoms with Gasteiger partial charge in [0.15, 0.2) is 0 Å². The molecule has 2 heterocycles. The van der Waals surface area contributed by atoms with Crippen LogP contribution in [-0.2, 0) is 0 Å². The number of amides is 1. The van der Waals surface area contributed by atoms with Gasteiger partial charge in [0.1, 0.15) is 12.7 Å². The first kappa shape index (κ1) is 25.9. The van der Waals surface area contributed by atoms with E-state index in [-0.39, 0.29) is 11.6 Å². The van der Waals surface area contributed by atoms with Gasteiger partial charge in [0.25, 0.3) is 5.91 Å². The SMILES string of the molecule is Nc1cc(Cl)cc(Cl)c1.O=C(Nc1cc(Cl)cc(Cl)c1)c1ncn[nH]1.O=C(O)c1ncn[nH]1. The van der Waals surface area contributed by atoms with Gasteiger partial charge < -0.3 is 16.2 Å². The number of aromatic carboxylic acids is 1. The third-order valence-electron chi connectivity index (χ3n) is 3.25. The lowest BCUT2D eigenvalue weighted by molar-refractivity contribution is 0.0684. The van der Waals surface area contributed by atoms with Crippen molar-refractivity contribution in [3.05, 3.63) is 80.8 Å². The molecule has 0 atom stereocenters. The summed E-state index contributed by atoms with van der Waals surface area (Å²) >= 11 is 22.7. The summed E-state index contributed by atoms with van der Waals surface area (Å²) in [6, 6.07) is 9.68. The van der Waals surface area contributed by atoms with E-state index >= 15 is 0 Å². The fraction of sp³-hybridized carbons (Fsp3) is 0. The van der Waals surface area contributed by atoms with Crippen molar-refractivity contribution in [3.63, 3.8) is 0 Å². The number of nitrogens with one attached hydrogen (secondary N) is 3. The number of nitrogens with two attached hydrogens (primary N) is 1. The number of H-pyrrole nitrogens is 2. The summed E-state index contributed by atoms with van der Waals surface area (Å²) in [4.78, 5) is 28.6. The number of aromatic nitrogens is 6. The molecule has 11 nitrogen and oxygen atoms in total. The molecule has 4 aromatic rings. The minimum Gasteiger partial charge on any atom is -0.475 e. The van der Waals surface area contributed by atoms with Crippen LogP contribution in [0.15, 0.2) is 49.1 Å². The molecule has 4 rings (SSSR count). The number of nitrogen functional groups attached to an aromatic ring is 1. The Morgan fingerprint density at radius 3 is 1.61 bits per heavy atom. The van der Waals surface area contributed by atoms with E-state index in [0.29, 0.717) is 31.5 Å². The highest BCUT2D eigenvalue weighted by Gasteiger charge is 2.09. The molecule has 0 aliphatic heterocycles. The fourth-order valence-electron chi connectivity index (χ4n) is 2.01. The van der Waals surface area contributed by atoms with Crippen LogP contribution in [0.5, 0.6) is 0 Å². The molecule has 33 heavy (non-hydrogen) atoms. The van der Waals surface area contributed by atoms with Gasteiger partial charge in [-0.3, -0.25) is 15.0 Å². The summed E-state index contributed by atoms with van der Waals surface area (Å²) in [5, 5.41) is 24.3. The molecule has 2 aromatic heterocycles. The average Bonchev–Trinajstić information content (AvgIpc) is 3.42. The van der Waals surface area contributed by atoms with Crippen LogP contribution in [-0.4, -0.2) is 47.3 Å². The van der Waals surface area contributed by atoms with E-state index in [0.717, 1.165) is 6.33 Å². The van der Waals surface area contributed by atoms with Crippen molar-refractivity contribution in [2.45, 2.75) is 0 Å². The molecule has 172 valence electrons. The number of carbonyl (C=O) groups excluding carboxylic acids is 1. The van der Waals surface area contributed by atoms with E-state index < -0.39 is 11.9 Å². The molecule has 6 N–H and O–H groups in total. The summed E-state index contributed by atoms with van der Waals surface area (Å²) in [7, 11) is 0. The van der Waals surface area contributed by atoms with Gasteiger partial charge in [-0.1, -0.05) is 46.4 Å². The summed E-state index contributed by atoms with van der Waals surface area (Å²) in [5.74, 6) is -1.51. The number of carboxylic acids is 1. The third-order valence-corrected chi connectivity index (χ3v) is 4.13. The first-order valence-corrected chi connectivity index (χ1v) is 10.1. The van der Waals surface area contributed by atoms with Gasteiger partial charge in [-0.15, -0.1) is 0 Å². The van der Waals surface area contributed by atoms with Crippen LogP contribution in [0.25, 0.3) is 0 Å². The Kier molecular flexibility index (Phi) is 9.88. The van der Waals surface area contributed by atoms with Crippen molar-refractivity contribution in [3.8, 4) is 0 Å². The highest BCUT2D eigenvalue weighted by molar-refractivity contribution is 6.35. The number of halogens is 4. The second-order valence-electron chi connectivity index (χ2n) is 5.79. The fourth-order valence-corrected chi connectivity index (χ4v) is 3.08. The van der Waals surface area contributed by atoms with E-state index in [1.165, 1.54) is 6.33 Å². The highest BCUT2D eigenvalue weighted by Crippen LogP contribution is 2.22. The molecule has 0 saturated carbocycles. The van der Waals surface area contributed by atoms with Crippen molar-refractivity contribution >= 4 is 69.7 Å². The third kappa shape index (κ3) is 9.33. The van der Waals surface area contributed by atoms with Crippen molar-refractivity contribution in [2.75, 3.05) is 11.1 Å². The predicted molar refractivity (Wildman–Crippen MR) is 125 cm³/mol. The summed E-state index contributed by atoms with van der Waals surface area (Å²) in [5.41, 5.74) is 6.48. The van der Waals surface area contributed by atoms with E-state index in [1.54, 1.807) is 36.4 Å². The normalized spacial score (nSPS) is 9.70. The minimum absolute atomic E-state index is 0.121. The Morgan fingerprint density at radius 2 is 1.24 bits per heavy atom. The van der Waals surface area contributed by atoms with Gasteiger partial charge >= 0.3 is 5.97 Å². The maximum absolute atomic E-state index is 11.6. The van der Waals surface area contributed by atoms with Crippen LogP contribution in [0.2, 0.25) is 20.1 Å². The van der Waals surface area contributed by atoms with Crippen molar-refractivity contribution in [1.82, 2.24) is 30.4 Å². The van der Waals surface area contributed by atoms with Gasteiger partial charge in [0.2, 0.25) is 11.6 Å². The zero-order chi connectivity index (χ0) is 24.4. The van der Waals surface area contributed by atoms with Gasteiger partial charge in [-0.25, -0.2) is 14.8 Å². The number of carbonyl (C=O) groups is 2. The van der Waals surface area contributed by atoms with Crippen LogP contribution < -0.4 is 11.1 Å². The largest absolute Gasteiger partial charge is 0.475 e. The first-order valence-electron chi connectivity index (χ1n) is 8.57. The molecule has 0 unspecified atom stereocenters. The van der Waals surface area contributed by atoms with Gasteiger partial charge in [0, 0.05) is 31.5 Å². The molecule has 0 aliphatic carbocycles. The lowest BCUT2D eigenvalue weighted by Crippen LogP contribution is -2.13. The van der Waals surface area contributed by atoms with Crippen molar-refractivity contribution in [2.24, 2.45) is 0 Å². The number of anilines is 2. The molecule has 0 aliphatic rings. The minimum atomic E-state index is -1.09. The number of benzene rings is 2. The lowest BCUT2D eigenvalue weighted by Gasteiger charge is -2.03. The number of rotatable bonds is 3. The summed E-state index contributed by atoms with van der Waals surface area (Å²) in [6.45, 7) is 0. The second kappa shape index (κ2) is 12.6. The van der Waals surface area contributed by atoms with Gasteiger partial charge in [0.05, 0.1) is 0 Å². The lowest BCUT2D eigenvalue weighted by atomic mass is 10.3. The Balaban J connectivity index is 0.000000192. The topological polar surface area (TPSA) is 176 Å². The quantitative estimate of drug-likeness (QED) is 0.241. The molecular formula is C18H14Cl4N8O3. The molecule has 1 amide bonds. The molecular weight excluding hydrogens is 518 g/mol. The first-order chi connectivity index (χ1) is 15.6. The van der Waals surface area contributed by atoms with Crippen LogP contribution in [0.1, 0.15) is 21.2 Å². The zero-order valence-corrected chi connectivity index (χ0v) is 19.3. The van der Waals surface area contributed by atoms with E-state index in [1.807, 2.05) is 0 Å². The average molecular weight is 532 g/mol. The number of aromatic amines is 2. The predicted octanol–water partition coefficient (Wildman–Crippen LogP) is 4.44. The van der Waals surface area contributed by atoms with Crippen LogP contribution in [0.3, 0.4) is 0 Å². The maximum Gasteiger partial charge on any atom is 0.373 e. The molecule has 0 saturated heterocycles. The molecule has 0 spiro atoms. The highest BCUT2D eigenvalue weighted by atomic mass is 35.5. The molecule has 2 aromatic carbocycles. The number of carboxylic acid groups (broad SMARTS) is 1. The molecule has 15 heteroatoms. The molecule has 0 bridgehead atoms. The smallest absolute Gasteiger partial charge is 0.373 e. The van der Waals surface area contributed by atoms with Gasteiger partial charge in [-0.2, -0.15) is 10.2 Å². The van der Waals surface area contributed by atoms with Crippen molar-refractivity contribution in [1.29, 1.82) is 0 Å². The number of nitrogens with zero attached hydrogens (tertiary/aromatic N) is 4. The number of hydrogen-bond acceptors (Lipinski definition) is 7. The van der Waals surface area contributed by atoms with E-state index in [2.05, 4.69) is 35.7 Å². The van der Waals surface area contributed by atoms with E-state index in [4.69, 9.17) is 57.2 Å². The Labute approximate surface area is 206 Å². The number of hydrogen-bond donors (Lipinski definition) is 5. The Hall–Kier alpha value is -3.38. The zero-order valence-electron chi connectivity index (χ0n) is 16.3. The van der Waals surface area contributed by atoms with Crippen LogP contribution in [0, 0.1) is 0 Å². The molecule has 0 fully saturated rings.